The summed E-state index contributed by atoms with van der Waals surface area (Å²) in [5.74, 6) is -0.165. The molecule has 5 heteroatoms. The van der Waals surface area contributed by atoms with Crippen molar-refractivity contribution in [3.63, 3.8) is 0 Å². The Bertz CT molecular complexity index is 1230. The molecule has 0 N–H and O–H groups in total. The second-order valence-corrected chi connectivity index (χ2v) is 13.0. The highest BCUT2D eigenvalue weighted by Gasteiger charge is 2.61. The van der Waals surface area contributed by atoms with Crippen LogP contribution in [0.25, 0.3) is 0 Å². The Morgan fingerprint density at radius 3 is 1.37 bits per heavy atom. The number of imide groups is 1. The van der Waals surface area contributed by atoms with Crippen LogP contribution >= 0.6 is 0 Å². The van der Waals surface area contributed by atoms with Crippen LogP contribution in [0.3, 0.4) is 0 Å². The number of amides is 3. The Labute approximate surface area is 207 Å². The van der Waals surface area contributed by atoms with E-state index in [1.54, 1.807) is 9.47 Å². The first kappa shape index (κ1) is 22.8. The summed E-state index contributed by atoms with van der Waals surface area (Å²) < 4.78 is 1.62. The van der Waals surface area contributed by atoms with Crippen LogP contribution in [0.1, 0.15) is 19.4 Å². The highest BCUT2D eigenvalue weighted by Crippen LogP contribution is 2.33. The van der Waals surface area contributed by atoms with Gasteiger partial charge in [-0.1, -0.05) is 121 Å². The second kappa shape index (κ2) is 9.00. The summed E-state index contributed by atoms with van der Waals surface area (Å²) in [5.41, 5.74) is 0.0127. The molecular formula is C30H28N2O2Si. The summed E-state index contributed by atoms with van der Waals surface area (Å²) in [4.78, 5) is 30.4. The van der Waals surface area contributed by atoms with Gasteiger partial charge < -0.3 is 4.90 Å². The lowest BCUT2D eigenvalue weighted by Crippen LogP contribution is -2.78. The zero-order chi connectivity index (χ0) is 24.5. The minimum Gasteiger partial charge on any atom is -0.306 e. The average molecular weight is 477 g/mol. The lowest BCUT2D eigenvalue weighted by molar-refractivity contribution is -0.129. The number of urea groups is 1. The van der Waals surface area contributed by atoms with Crippen molar-refractivity contribution in [1.29, 1.82) is 0 Å². The molecule has 4 aromatic carbocycles. The van der Waals surface area contributed by atoms with Crippen molar-refractivity contribution < 1.29 is 9.59 Å². The molecule has 1 aliphatic rings. The number of benzene rings is 4. The molecule has 0 aromatic heterocycles. The summed E-state index contributed by atoms with van der Waals surface area (Å²) in [6.45, 7) is 4.09. The number of carbonyl (C=O) groups is 2. The van der Waals surface area contributed by atoms with E-state index in [-0.39, 0.29) is 11.9 Å². The van der Waals surface area contributed by atoms with Crippen LogP contribution in [0.2, 0.25) is 0 Å². The van der Waals surface area contributed by atoms with Crippen LogP contribution in [-0.4, -0.2) is 35.2 Å². The predicted octanol–water partition coefficient (Wildman–Crippen LogP) is 3.90. The van der Waals surface area contributed by atoms with Gasteiger partial charge in [-0.05, 0) is 35.0 Å². The topological polar surface area (TPSA) is 40.6 Å². The van der Waals surface area contributed by atoms with E-state index in [0.29, 0.717) is 6.54 Å². The van der Waals surface area contributed by atoms with E-state index in [4.69, 9.17) is 0 Å². The SMILES string of the molecule is CC1(C)C(=O)N([Si](c2ccccc2)(c2ccccc2)c2ccccc2)C(=O)N1Cc1ccccc1. The first-order valence-corrected chi connectivity index (χ1v) is 13.8. The van der Waals surface area contributed by atoms with Crippen LogP contribution in [0.15, 0.2) is 121 Å². The molecule has 0 unspecified atom stereocenters. The molecule has 35 heavy (non-hydrogen) atoms. The largest absolute Gasteiger partial charge is 0.320 e. The molecule has 0 spiro atoms. The van der Waals surface area contributed by atoms with E-state index in [1.807, 2.05) is 98.8 Å². The van der Waals surface area contributed by atoms with E-state index in [9.17, 15) is 9.59 Å². The Balaban J connectivity index is 1.77. The third-order valence-electron chi connectivity index (χ3n) is 6.92. The molecule has 1 fully saturated rings. The molecule has 0 bridgehead atoms. The van der Waals surface area contributed by atoms with Gasteiger partial charge in [0.1, 0.15) is 5.54 Å². The fourth-order valence-electron chi connectivity index (χ4n) is 5.09. The number of rotatable bonds is 6. The summed E-state index contributed by atoms with van der Waals surface area (Å²) in [7, 11) is -3.27. The molecule has 174 valence electrons. The lowest BCUT2D eigenvalue weighted by atomic mass is 10.0. The van der Waals surface area contributed by atoms with Gasteiger partial charge in [-0.25, -0.2) is 4.79 Å². The van der Waals surface area contributed by atoms with Gasteiger partial charge in [-0.2, -0.15) is 0 Å². The number of hydrogen-bond acceptors (Lipinski definition) is 2. The van der Waals surface area contributed by atoms with Gasteiger partial charge in [0.15, 0.2) is 0 Å². The van der Waals surface area contributed by atoms with Crippen molar-refractivity contribution >= 4 is 35.7 Å². The van der Waals surface area contributed by atoms with Crippen molar-refractivity contribution in [1.82, 2.24) is 9.47 Å². The number of nitrogens with zero attached hydrogens (tertiary/aromatic N) is 2. The van der Waals surface area contributed by atoms with Crippen molar-refractivity contribution in [3.8, 4) is 0 Å². The van der Waals surface area contributed by atoms with Gasteiger partial charge in [-0.15, -0.1) is 0 Å². The van der Waals surface area contributed by atoms with Gasteiger partial charge in [0, 0.05) is 6.54 Å². The Morgan fingerprint density at radius 1 is 0.600 bits per heavy atom. The molecule has 4 aromatic rings. The fourth-order valence-corrected chi connectivity index (χ4v) is 9.87. The van der Waals surface area contributed by atoms with Crippen LogP contribution in [0, 0.1) is 0 Å². The minimum atomic E-state index is -3.27. The second-order valence-electron chi connectivity index (χ2n) is 9.36. The maximum absolute atomic E-state index is 14.4. The van der Waals surface area contributed by atoms with Crippen LogP contribution < -0.4 is 15.6 Å². The third kappa shape index (κ3) is 3.69. The number of hydrogen-bond donors (Lipinski definition) is 0. The maximum atomic E-state index is 14.4. The Morgan fingerprint density at radius 2 is 0.971 bits per heavy atom. The standard InChI is InChI=1S/C30H28N2O2Si/c1-30(2)28(33)32(29(34)31(30)23-24-15-7-3-8-16-24)35(25-17-9-4-10-18-25,26-19-11-5-12-20-26)27-21-13-6-14-22-27/h3-22H,23H2,1-2H3. The van der Waals surface area contributed by atoms with Crippen LogP contribution in [0.5, 0.6) is 0 Å². The maximum Gasteiger partial charge on any atom is 0.320 e. The van der Waals surface area contributed by atoms with Crippen molar-refractivity contribution in [2.24, 2.45) is 0 Å². The molecular weight excluding hydrogens is 448 g/mol. The predicted molar refractivity (Wildman–Crippen MR) is 142 cm³/mol. The molecule has 3 amide bonds. The van der Waals surface area contributed by atoms with Gasteiger partial charge in [0.25, 0.3) is 8.24 Å². The van der Waals surface area contributed by atoms with E-state index in [0.717, 1.165) is 21.1 Å². The quantitative estimate of drug-likeness (QED) is 0.241. The van der Waals surface area contributed by atoms with Crippen LogP contribution in [-0.2, 0) is 11.3 Å². The lowest BCUT2D eigenvalue weighted by Gasteiger charge is -2.39. The van der Waals surface area contributed by atoms with Gasteiger partial charge in [0.05, 0.1) is 0 Å². The Hall–Kier alpha value is -3.96. The molecule has 1 saturated heterocycles. The van der Waals surface area contributed by atoms with Crippen molar-refractivity contribution in [2.45, 2.75) is 25.9 Å². The number of carbonyl (C=O) groups excluding carboxylic acids is 2. The third-order valence-corrected chi connectivity index (χ3v) is 11.5. The van der Waals surface area contributed by atoms with E-state index in [1.165, 1.54) is 0 Å². The summed E-state index contributed by atoms with van der Waals surface area (Å²) in [5, 5.41) is 2.99. The van der Waals surface area contributed by atoms with E-state index in [2.05, 4.69) is 36.4 Å². The van der Waals surface area contributed by atoms with Gasteiger partial charge in [-0.3, -0.25) is 9.36 Å². The zero-order valence-electron chi connectivity index (χ0n) is 20.0. The first-order chi connectivity index (χ1) is 17.0. The molecule has 4 nitrogen and oxygen atoms in total. The van der Waals surface area contributed by atoms with Crippen molar-refractivity contribution in [2.75, 3.05) is 0 Å². The molecule has 0 saturated carbocycles. The molecule has 0 aliphatic carbocycles. The first-order valence-electron chi connectivity index (χ1n) is 11.8. The fraction of sp³-hybridized carbons (Fsp3) is 0.133. The zero-order valence-corrected chi connectivity index (χ0v) is 21.0. The minimum absolute atomic E-state index is 0.165. The summed E-state index contributed by atoms with van der Waals surface area (Å²) >= 11 is 0. The molecule has 0 atom stereocenters. The highest BCUT2D eigenvalue weighted by molar-refractivity contribution is 7.11. The normalized spacial score (nSPS) is 15.5. The molecule has 0 radical (unpaired) electrons. The van der Waals surface area contributed by atoms with Crippen LogP contribution in [0.4, 0.5) is 4.79 Å². The molecule has 5 rings (SSSR count). The van der Waals surface area contributed by atoms with Gasteiger partial charge >= 0.3 is 6.03 Å². The monoisotopic (exact) mass is 476 g/mol. The molecule has 1 heterocycles. The smallest absolute Gasteiger partial charge is 0.306 e. The summed E-state index contributed by atoms with van der Waals surface area (Å²) in [6, 6.07) is 39.8. The van der Waals surface area contributed by atoms with E-state index >= 15 is 0 Å². The van der Waals surface area contributed by atoms with Crippen molar-refractivity contribution in [3.05, 3.63) is 127 Å². The Kier molecular flexibility index (Phi) is 5.87. The summed E-state index contributed by atoms with van der Waals surface area (Å²) in [6.07, 6.45) is 0. The average Bonchev–Trinajstić information content (AvgIpc) is 3.07. The van der Waals surface area contributed by atoms with Gasteiger partial charge in [0.2, 0.25) is 5.91 Å². The highest BCUT2D eigenvalue weighted by atomic mass is 28.3. The molecule has 1 aliphatic heterocycles. The van der Waals surface area contributed by atoms with E-state index < -0.39 is 13.8 Å².